The van der Waals surface area contributed by atoms with Gasteiger partial charge in [0.05, 0.1) is 29.5 Å². The monoisotopic (exact) mass is 583 g/mol. The molecule has 1 fully saturated rings. The van der Waals surface area contributed by atoms with E-state index in [-0.39, 0.29) is 6.03 Å². The van der Waals surface area contributed by atoms with Crippen molar-refractivity contribution in [3.05, 3.63) is 66.5 Å². The second-order valence-corrected chi connectivity index (χ2v) is 11.3. The lowest BCUT2D eigenvalue weighted by Gasteiger charge is -2.16. The fourth-order valence-electron chi connectivity index (χ4n) is 5.09. The number of likely N-dealkylation sites (tertiary alicyclic amines) is 1. The lowest BCUT2D eigenvalue weighted by atomic mass is 10.2. The Bertz CT molecular complexity index is 1720. The van der Waals surface area contributed by atoms with Crippen LogP contribution in [0, 0.1) is 6.92 Å². The number of amides is 2. The molecule has 10 nitrogen and oxygen atoms in total. The average Bonchev–Trinajstić information content (AvgIpc) is 3.64. The van der Waals surface area contributed by atoms with Crippen LogP contribution < -0.4 is 25.4 Å². The second-order valence-electron chi connectivity index (χ2n) is 10.3. The number of fused-ring (bicyclic) bond motifs is 2. The van der Waals surface area contributed by atoms with Crippen LogP contribution in [0.1, 0.15) is 24.8 Å². The zero-order valence-corrected chi connectivity index (χ0v) is 24.5. The van der Waals surface area contributed by atoms with Crippen LogP contribution in [-0.4, -0.2) is 59.2 Å². The lowest BCUT2D eigenvalue weighted by Crippen LogP contribution is -2.21. The number of ether oxygens (including phenoxy) is 2. The fourth-order valence-corrected chi connectivity index (χ4v) is 5.99. The summed E-state index contributed by atoms with van der Waals surface area (Å²) in [4.78, 5) is 28.5. The Balaban J connectivity index is 1.14. The van der Waals surface area contributed by atoms with Gasteiger partial charge in [-0.25, -0.2) is 19.7 Å². The SMILES string of the molecule is COc1cc2c(Nc3ccc4nc(NC(=O)Nc5cccc(C)c5)sc4c3)ncnc2cc1OCCCN1CCCC1. The van der Waals surface area contributed by atoms with Crippen molar-refractivity contribution < 1.29 is 14.3 Å². The van der Waals surface area contributed by atoms with Crippen LogP contribution in [0.3, 0.4) is 0 Å². The standard InChI is InChI=1S/C31H33N7O3S/c1-20-7-5-8-21(15-20)35-30(39)37-31-36-24-10-9-22(16-28(24)42-31)34-29-23-17-26(40-2)27(18-25(23)32-19-33-29)41-14-6-13-38-11-3-4-12-38/h5,7-10,15-19H,3-4,6,11-14H2,1-2H3,(H,32,33,34)(H2,35,36,37,39). The molecule has 0 atom stereocenters. The summed E-state index contributed by atoms with van der Waals surface area (Å²) in [6.45, 7) is 6.02. The van der Waals surface area contributed by atoms with Gasteiger partial charge < -0.3 is 25.0 Å². The van der Waals surface area contributed by atoms with Gasteiger partial charge in [0.25, 0.3) is 0 Å². The Morgan fingerprint density at radius 2 is 1.86 bits per heavy atom. The summed E-state index contributed by atoms with van der Waals surface area (Å²) in [6.07, 6.45) is 5.08. The number of rotatable bonds is 10. The first-order chi connectivity index (χ1) is 20.5. The predicted molar refractivity (Wildman–Crippen MR) is 169 cm³/mol. The molecule has 1 aliphatic rings. The number of thiazole rings is 1. The van der Waals surface area contributed by atoms with Crippen LogP contribution in [0.25, 0.3) is 21.1 Å². The van der Waals surface area contributed by atoms with Crippen molar-refractivity contribution in [2.45, 2.75) is 26.2 Å². The van der Waals surface area contributed by atoms with Gasteiger partial charge >= 0.3 is 6.03 Å². The molecule has 0 unspecified atom stereocenters. The van der Waals surface area contributed by atoms with Crippen molar-refractivity contribution in [3.63, 3.8) is 0 Å². The molecular weight excluding hydrogens is 550 g/mol. The van der Waals surface area contributed by atoms with Gasteiger partial charge in [-0.1, -0.05) is 23.5 Å². The van der Waals surface area contributed by atoms with Crippen LogP contribution in [-0.2, 0) is 0 Å². The molecule has 11 heteroatoms. The molecule has 5 aromatic rings. The summed E-state index contributed by atoms with van der Waals surface area (Å²) in [7, 11) is 1.64. The Morgan fingerprint density at radius 3 is 2.69 bits per heavy atom. The van der Waals surface area contributed by atoms with E-state index in [1.54, 1.807) is 7.11 Å². The summed E-state index contributed by atoms with van der Waals surface area (Å²) in [5, 5.41) is 10.4. The zero-order valence-electron chi connectivity index (χ0n) is 23.6. The first kappa shape index (κ1) is 27.7. The Labute approximate surface area is 248 Å². The van der Waals surface area contributed by atoms with Crippen molar-refractivity contribution in [3.8, 4) is 11.5 Å². The highest BCUT2D eigenvalue weighted by Gasteiger charge is 2.15. The second kappa shape index (κ2) is 12.6. The molecule has 1 saturated heterocycles. The number of methoxy groups -OCH3 is 1. The first-order valence-corrected chi connectivity index (χ1v) is 14.9. The third-order valence-electron chi connectivity index (χ3n) is 7.14. The van der Waals surface area contributed by atoms with E-state index in [2.05, 4.69) is 35.8 Å². The van der Waals surface area contributed by atoms with Gasteiger partial charge in [0.15, 0.2) is 16.6 Å². The number of urea groups is 1. The van der Waals surface area contributed by atoms with E-state index < -0.39 is 0 Å². The van der Waals surface area contributed by atoms with E-state index >= 15 is 0 Å². The highest BCUT2D eigenvalue weighted by Crippen LogP contribution is 2.36. The van der Waals surface area contributed by atoms with Crippen LogP contribution in [0.4, 0.5) is 27.1 Å². The van der Waals surface area contributed by atoms with Gasteiger partial charge in [0.2, 0.25) is 0 Å². The molecule has 0 spiro atoms. The minimum Gasteiger partial charge on any atom is -0.493 e. The third kappa shape index (κ3) is 6.53. The molecule has 2 aromatic heterocycles. The minimum atomic E-state index is -0.339. The van der Waals surface area contributed by atoms with Crippen molar-refractivity contribution in [2.75, 3.05) is 49.3 Å². The van der Waals surface area contributed by atoms with E-state index in [1.165, 1.54) is 43.6 Å². The number of anilines is 4. The Morgan fingerprint density at radius 1 is 0.976 bits per heavy atom. The molecule has 3 aromatic carbocycles. The molecule has 0 radical (unpaired) electrons. The molecule has 3 heterocycles. The van der Waals surface area contributed by atoms with E-state index in [9.17, 15) is 4.79 Å². The summed E-state index contributed by atoms with van der Waals surface area (Å²) in [5.74, 6) is 1.96. The number of hydrogen-bond acceptors (Lipinski definition) is 9. The number of carbonyl (C=O) groups is 1. The van der Waals surface area contributed by atoms with Gasteiger partial charge in [-0.05, 0) is 81.2 Å². The zero-order chi connectivity index (χ0) is 28.9. The maximum Gasteiger partial charge on any atom is 0.325 e. The molecular formula is C31H33N7O3S. The van der Waals surface area contributed by atoms with E-state index in [1.807, 2.05) is 61.5 Å². The molecule has 2 amide bonds. The predicted octanol–water partition coefficient (Wildman–Crippen LogP) is 6.81. The molecule has 1 aliphatic heterocycles. The highest BCUT2D eigenvalue weighted by molar-refractivity contribution is 7.22. The average molecular weight is 584 g/mol. The maximum atomic E-state index is 12.5. The fraction of sp³-hybridized carbons (Fsp3) is 0.290. The molecule has 0 aliphatic carbocycles. The third-order valence-corrected chi connectivity index (χ3v) is 8.08. The summed E-state index contributed by atoms with van der Waals surface area (Å²) in [5.41, 5.74) is 4.18. The number of carbonyl (C=O) groups excluding carboxylic acids is 1. The van der Waals surface area contributed by atoms with Crippen molar-refractivity contribution in [2.24, 2.45) is 0 Å². The smallest absolute Gasteiger partial charge is 0.325 e. The number of benzene rings is 3. The maximum absolute atomic E-state index is 12.5. The Kier molecular flexibility index (Phi) is 8.29. The molecule has 6 rings (SSSR count). The van der Waals surface area contributed by atoms with Crippen molar-refractivity contribution in [1.82, 2.24) is 19.9 Å². The summed E-state index contributed by atoms with van der Waals surface area (Å²) in [6, 6.07) is 16.9. The number of aromatic nitrogens is 3. The number of hydrogen-bond donors (Lipinski definition) is 3. The lowest BCUT2D eigenvalue weighted by molar-refractivity contribution is 0.254. The summed E-state index contributed by atoms with van der Waals surface area (Å²) >= 11 is 1.40. The molecule has 216 valence electrons. The topological polar surface area (TPSA) is 114 Å². The number of nitrogens with zero attached hydrogens (tertiary/aromatic N) is 4. The molecule has 3 N–H and O–H groups in total. The molecule has 42 heavy (non-hydrogen) atoms. The van der Waals surface area contributed by atoms with E-state index in [4.69, 9.17) is 9.47 Å². The van der Waals surface area contributed by atoms with Gasteiger partial charge in [-0.15, -0.1) is 0 Å². The van der Waals surface area contributed by atoms with Crippen molar-refractivity contribution in [1.29, 1.82) is 0 Å². The number of nitrogens with one attached hydrogen (secondary N) is 3. The van der Waals surface area contributed by atoms with Crippen LogP contribution >= 0.6 is 11.3 Å². The first-order valence-electron chi connectivity index (χ1n) is 14.0. The van der Waals surface area contributed by atoms with Gasteiger partial charge in [0.1, 0.15) is 12.1 Å². The van der Waals surface area contributed by atoms with E-state index in [0.29, 0.717) is 29.1 Å². The molecule has 0 bridgehead atoms. The quantitative estimate of drug-likeness (QED) is 0.154. The Hall–Kier alpha value is -4.48. The number of aryl methyl sites for hydroxylation is 1. The minimum absolute atomic E-state index is 0.339. The van der Waals surface area contributed by atoms with Crippen molar-refractivity contribution >= 4 is 60.8 Å². The highest BCUT2D eigenvalue weighted by atomic mass is 32.1. The van der Waals surface area contributed by atoms with Gasteiger partial charge in [-0.2, -0.15) is 0 Å². The van der Waals surface area contributed by atoms with E-state index in [0.717, 1.165) is 51.0 Å². The normalized spacial score (nSPS) is 13.4. The van der Waals surface area contributed by atoms with Gasteiger partial charge in [0, 0.05) is 29.4 Å². The summed E-state index contributed by atoms with van der Waals surface area (Å²) < 4.78 is 12.7. The van der Waals surface area contributed by atoms with Crippen LogP contribution in [0.5, 0.6) is 11.5 Å². The van der Waals surface area contributed by atoms with Gasteiger partial charge in [-0.3, -0.25) is 5.32 Å². The molecule has 0 saturated carbocycles. The largest absolute Gasteiger partial charge is 0.493 e. The van der Waals surface area contributed by atoms with Crippen LogP contribution in [0.15, 0.2) is 60.9 Å². The van der Waals surface area contributed by atoms with Crippen LogP contribution in [0.2, 0.25) is 0 Å².